The van der Waals surface area contributed by atoms with Crippen LogP contribution >= 0.6 is 11.6 Å². The zero-order valence-corrected chi connectivity index (χ0v) is 14.8. The fourth-order valence-corrected chi connectivity index (χ4v) is 2.42. The summed E-state index contributed by atoms with van der Waals surface area (Å²) in [6.07, 6.45) is 1.09. The summed E-state index contributed by atoms with van der Waals surface area (Å²) >= 11 is 5.91. The van der Waals surface area contributed by atoms with Crippen LogP contribution in [0, 0.1) is 15.9 Å². The van der Waals surface area contributed by atoms with E-state index >= 15 is 0 Å². The van der Waals surface area contributed by atoms with Crippen LogP contribution in [0.2, 0.25) is 5.02 Å². The summed E-state index contributed by atoms with van der Waals surface area (Å²) in [5.41, 5.74) is 4.82. The minimum absolute atomic E-state index is 0.0965. The highest BCUT2D eigenvalue weighted by Crippen LogP contribution is 2.31. The quantitative estimate of drug-likeness (QED) is 0.424. The largest absolute Gasteiger partial charge is 0.355 e. The third-order valence-corrected chi connectivity index (χ3v) is 3.73. The highest BCUT2D eigenvalue weighted by Gasteiger charge is 2.23. The number of nitrogens with one attached hydrogen (secondary N) is 3. The van der Waals surface area contributed by atoms with Crippen LogP contribution in [0.1, 0.15) is 10.4 Å². The number of carbonyl (C=O) groups is 1. The summed E-state index contributed by atoms with van der Waals surface area (Å²) in [6.45, 7) is 0. The molecular formula is C17H12ClFN6O3. The Morgan fingerprint density at radius 3 is 2.50 bits per heavy atom. The Morgan fingerprint density at radius 1 is 1.11 bits per heavy atom. The molecule has 3 N–H and O–H groups in total. The molecule has 0 aliphatic heterocycles. The van der Waals surface area contributed by atoms with Crippen molar-refractivity contribution in [1.82, 2.24) is 15.4 Å². The second-order valence-electron chi connectivity index (χ2n) is 5.40. The van der Waals surface area contributed by atoms with E-state index in [1.807, 2.05) is 0 Å². The van der Waals surface area contributed by atoms with Gasteiger partial charge in [-0.1, -0.05) is 17.7 Å². The van der Waals surface area contributed by atoms with Gasteiger partial charge in [-0.05, 0) is 42.5 Å². The molecule has 0 spiro atoms. The van der Waals surface area contributed by atoms with Crippen LogP contribution in [-0.2, 0) is 0 Å². The number of anilines is 3. The molecule has 1 amide bonds. The number of hydrazine groups is 1. The molecule has 1 aromatic heterocycles. The third-order valence-electron chi connectivity index (χ3n) is 3.49. The van der Waals surface area contributed by atoms with Crippen LogP contribution in [0.3, 0.4) is 0 Å². The Hall–Kier alpha value is -3.79. The molecule has 0 unspecified atom stereocenters. The first-order valence-electron chi connectivity index (χ1n) is 7.78. The van der Waals surface area contributed by atoms with Gasteiger partial charge in [-0.15, -0.1) is 0 Å². The summed E-state index contributed by atoms with van der Waals surface area (Å²) in [7, 11) is 0. The Balaban J connectivity index is 1.82. The number of carbonyl (C=O) groups excluding carboxylic acids is 1. The fourth-order valence-electron chi connectivity index (χ4n) is 2.23. The van der Waals surface area contributed by atoms with Crippen molar-refractivity contribution < 1.29 is 14.1 Å². The van der Waals surface area contributed by atoms with Crippen molar-refractivity contribution >= 4 is 40.5 Å². The second kappa shape index (κ2) is 8.27. The molecule has 0 atom stereocenters. The van der Waals surface area contributed by atoms with Crippen LogP contribution in [0.4, 0.5) is 27.4 Å². The number of hydrogen-bond donors (Lipinski definition) is 3. The minimum atomic E-state index is -0.695. The van der Waals surface area contributed by atoms with E-state index in [-0.39, 0.29) is 17.2 Å². The van der Waals surface area contributed by atoms with E-state index < -0.39 is 22.3 Å². The van der Waals surface area contributed by atoms with Crippen molar-refractivity contribution in [2.45, 2.75) is 0 Å². The molecule has 0 saturated carbocycles. The zero-order valence-electron chi connectivity index (χ0n) is 14.0. The highest BCUT2D eigenvalue weighted by molar-refractivity contribution is 6.30. The monoisotopic (exact) mass is 402 g/mol. The SMILES string of the molecule is O=C(NNc1ncnc(Nc2cccc(Cl)c2)c1[N+](=O)[O-])c1ccc(F)cc1. The van der Waals surface area contributed by atoms with Gasteiger partial charge in [-0.3, -0.25) is 25.8 Å². The summed E-state index contributed by atoms with van der Waals surface area (Å²) in [5.74, 6) is -1.45. The maximum absolute atomic E-state index is 12.9. The first kappa shape index (κ1) is 19.0. The van der Waals surface area contributed by atoms with Crippen molar-refractivity contribution in [3.05, 3.63) is 81.4 Å². The number of nitrogens with zero attached hydrogens (tertiary/aromatic N) is 3. The Kier molecular flexibility index (Phi) is 5.61. The van der Waals surface area contributed by atoms with Gasteiger partial charge in [0.05, 0.1) is 4.92 Å². The van der Waals surface area contributed by atoms with Crippen LogP contribution in [0.15, 0.2) is 54.9 Å². The van der Waals surface area contributed by atoms with E-state index in [0.29, 0.717) is 10.7 Å². The molecule has 142 valence electrons. The average molecular weight is 403 g/mol. The fraction of sp³-hybridized carbons (Fsp3) is 0. The smallest absolute Gasteiger partial charge is 0.334 e. The maximum atomic E-state index is 12.9. The highest BCUT2D eigenvalue weighted by atomic mass is 35.5. The van der Waals surface area contributed by atoms with Crippen molar-refractivity contribution in [3.8, 4) is 0 Å². The number of amides is 1. The van der Waals surface area contributed by atoms with Gasteiger partial charge in [0.25, 0.3) is 5.91 Å². The number of aromatic nitrogens is 2. The molecule has 11 heteroatoms. The van der Waals surface area contributed by atoms with Crippen LogP contribution in [-0.4, -0.2) is 20.8 Å². The Bertz CT molecular complexity index is 1030. The van der Waals surface area contributed by atoms with Gasteiger partial charge in [-0.2, -0.15) is 0 Å². The number of rotatable bonds is 6. The number of halogens is 2. The average Bonchev–Trinajstić information content (AvgIpc) is 2.66. The predicted octanol–water partition coefficient (Wildman–Crippen LogP) is 3.68. The van der Waals surface area contributed by atoms with E-state index in [2.05, 4.69) is 26.1 Å². The number of hydrogen-bond acceptors (Lipinski definition) is 7. The zero-order chi connectivity index (χ0) is 20.1. The van der Waals surface area contributed by atoms with E-state index in [1.54, 1.807) is 24.3 Å². The molecule has 0 fully saturated rings. The molecule has 0 aliphatic carbocycles. The minimum Gasteiger partial charge on any atom is -0.334 e. The van der Waals surface area contributed by atoms with Crippen LogP contribution in [0.5, 0.6) is 0 Å². The molecule has 0 bridgehead atoms. The first-order chi connectivity index (χ1) is 13.4. The number of nitro groups is 1. The van der Waals surface area contributed by atoms with Gasteiger partial charge in [0.1, 0.15) is 12.1 Å². The lowest BCUT2D eigenvalue weighted by Crippen LogP contribution is -2.30. The standard InChI is InChI=1S/C17H12ClFN6O3/c18-11-2-1-3-13(8-11)22-15-14(25(27)28)16(21-9-20-15)23-24-17(26)10-4-6-12(19)7-5-10/h1-9H,(H,24,26)(H2,20,21,22,23). The van der Waals surface area contributed by atoms with Gasteiger partial charge in [-0.25, -0.2) is 14.4 Å². The third kappa shape index (κ3) is 4.48. The van der Waals surface area contributed by atoms with E-state index in [0.717, 1.165) is 18.5 Å². The molecule has 1 heterocycles. The van der Waals surface area contributed by atoms with Crippen LogP contribution in [0.25, 0.3) is 0 Å². The molecule has 9 nitrogen and oxygen atoms in total. The summed E-state index contributed by atoms with van der Waals surface area (Å²) in [6, 6.07) is 11.3. The first-order valence-corrected chi connectivity index (χ1v) is 8.16. The van der Waals surface area contributed by atoms with Crippen LogP contribution < -0.4 is 16.2 Å². The predicted molar refractivity (Wildman–Crippen MR) is 101 cm³/mol. The lowest BCUT2D eigenvalue weighted by Gasteiger charge is -2.11. The van der Waals surface area contributed by atoms with Gasteiger partial charge >= 0.3 is 5.69 Å². The Morgan fingerprint density at radius 2 is 1.82 bits per heavy atom. The van der Waals surface area contributed by atoms with Gasteiger partial charge in [0, 0.05) is 16.3 Å². The lowest BCUT2D eigenvalue weighted by molar-refractivity contribution is -0.383. The maximum Gasteiger partial charge on any atom is 0.355 e. The van der Waals surface area contributed by atoms with Crippen molar-refractivity contribution in [2.75, 3.05) is 10.7 Å². The Labute approximate surface area is 162 Å². The number of benzene rings is 2. The van der Waals surface area contributed by atoms with E-state index in [4.69, 9.17) is 11.6 Å². The van der Waals surface area contributed by atoms with Gasteiger partial charge < -0.3 is 5.32 Å². The summed E-state index contributed by atoms with van der Waals surface area (Å²) in [5, 5.41) is 14.7. The molecular weight excluding hydrogens is 391 g/mol. The topological polar surface area (TPSA) is 122 Å². The van der Waals surface area contributed by atoms with E-state index in [9.17, 15) is 19.3 Å². The summed E-state index contributed by atoms with van der Waals surface area (Å²) in [4.78, 5) is 30.6. The van der Waals surface area contributed by atoms with E-state index in [1.165, 1.54) is 12.1 Å². The van der Waals surface area contributed by atoms with Gasteiger partial charge in [0.2, 0.25) is 11.6 Å². The molecule has 3 aromatic rings. The molecule has 0 saturated heterocycles. The van der Waals surface area contributed by atoms with Crippen molar-refractivity contribution in [2.24, 2.45) is 0 Å². The van der Waals surface area contributed by atoms with Gasteiger partial charge in [0.15, 0.2) is 0 Å². The van der Waals surface area contributed by atoms with Crippen molar-refractivity contribution in [1.29, 1.82) is 0 Å². The molecule has 3 rings (SSSR count). The second-order valence-corrected chi connectivity index (χ2v) is 5.83. The molecule has 0 aliphatic rings. The summed E-state index contributed by atoms with van der Waals surface area (Å²) < 4.78 is 12.9. The molecule has 0 radical (unpaired) electrons. The lowest BCUT2D eigenvalue weighted by atomic mass is 10.2. The molecule has 2 aromatic carbocycles. The van der Waals surface area contributed by atoms with Crippen molar-refractivity contribution in [3.63, 3.8) is 0 Å². The molecule has 28 heavy (non-hydrogen) atoms. The normalized spacial score (nSPS) is 10.2.